The Kier molecular flexibility index (Phi) is 6.77. The van der Waals surface area contributed by atoms with Crippen molar-refractivity contribution in [2.75, 3.05) is 5.73 Å². The second-order valence-corrected chi connectivity index (χ2v) is 8.50. The third kappa shape index (κ3) is 5.79. The minimum absolute atomic E-state index is 0.0753. The van der Waals surface area contributed by atoms with Gasteiger partial charge in [-0.1, -0.05) is 47.7 Å². The number of aryl methyl sites for hydroxylation is 1. The topological polar surface area (TPSA) is 68.9 Å². The van der Waals surface area contributed by atoms with E-state index in [1.807, 2.05) is 0 Å². The van der Waals surface area contributed by atoms with Crippen LogP contribution >= 0.6 is 11.6 Å². The monoisotopic (exact) mass is 493 g/mol. The fraction of sp³-hybridized carbons (Fsp3) is 0.148. The molecule has 35 heavy (non-hydrogen) atoms. The molecule has 4 rings (SSSR count). The minimum Gasteiger partial charge on any atom is -0.384 e. The van der Waals surface area contributed by atoms with Crippen LogP contribution in [-0.2, 0) is 23.8 Å². The van der Waals surface area contributed by atoms with Crippen molar-refractivity contribution in [3.05, 3.63) is 99.3 Å². The van der Waals surface area contributed by atoms with Gasteiger partial charge in [0.2, 0.25) is 0 Å². The van der Waals surface area contributed by atoms with Crippen molar-refractivity contribution in [2.45, 2.75) is 25.9 Å². The van der Waals surface area contributed by atoms with Crippen LogP contribution in [-0.4, -0.2) is 15.8 Å². The maximum atomic E-state index is 13.2. The van der Waals surface area contributed by atoms with Crippen molar-refractivity contribution in [3.63, 3.8) is 0 Å². The summed E-state index contributed by atoms with van der Waals surface area (Å²) in [7, 11) is 0. The number of carbonyl (C=O) groups is 1. The van der Waals surface area contributed by atoms with Gasteiger partial charge in [-0.2, -0.15) is 13.2 Å². The first-order valence-corrected chi connectivity index (χ1v) is 11.0. The molecule has 0 radical (unpaired) electrons. The van der Waals surface area contributed by atoms with Gasteiger partial charge in [0.15, 0.2) is 0 Å². The molecule has 0 aliphatic carbocycles. The smallest absolute Gasteiger partial charge is 0.384 e. The number of anilines is 1. The molecule has 176 valence electrons. The fourth-order valence-corrected chi connectivity index (χ4v) is 3.91. The van der Waals surface area contributed by atoms with Crippen LogP contribution in [0.2, 0.25) is 5.02 Å². The zero-order valence-electron chi connectivity index (χ0n) is 18.6. The van der Waals surface area contributed by atoms with Gasteiger partial charge in [-0.3, -0.25) is 9.78 Å². The maximum absolute atomic E-state index is 13.2. The number of halogens is 4. The first kappa shape index (κ1) is 24.2. The third-order valence-corrected chi connectivity index (χ3v) is 5.68. The van der Waals surface area contributed by atoms with E-state index in [0.29, 0.717) is 44.0 Å². The van der Waals surface area contributed by atoms with Crippen molar-refractivity contribution < 1.29 is 18.0 Å². The number of hydrogen-bond acceptors (Lipinski definition) is 4. The van der Waals surface area contributed by atoms with Gasteiger partial charge in [0, 0.05) is 30.0 Å². The highest BCUT2D eigenvalue weighted by atomic mass is 35.5. The number of rotatable bonds is 4. The molecular weight excluding hydrogens is 475 g/mol. The van der Waals surface area contributed by atoms with Crippen LogP contribution in [0.3, 0.4) is 0 Å². The molecule has 0 unspecified atom stereocenters. The molecule has 0 aliphatic rings. The summed E-state index contributed by atoms with van der Waals surface area (Å²) in [6.07, 6.45) is -1.43. The zero-order valence-corrected chi connectivity index (χ0v) is 19.3. The van der Waals surface area contributed by atoms with E-state index in [1.165, 1.54) is 19.2 Å². The number of nitrogen functional groups attached to an aromatic ring is 1. The summed E-state index contributed by atoms with van der Waals surface area (Å²) < 4.78 is 39.5. The van der Waals surface area contributed by atoms with E-state index < -0.39 is 11.7 Å². The van der Waals surface area contributed by atoms with E-state index in [-0.39, 0.29) is 24.2 Å². The van der Waals surface area contributed by atoms with E-state index in [4.69, 9.17) is 17.3 Å². The Morgan fingerprint density at radius 3 is 2.49 bits per heavy atom. The fourth-order valence-electron chi connectivity index (χ4n) is 3.71. The van der Waals surface area contributed by atoms with Gasteiger partial charge in [-0.15, -0.1) is 0 Å². The maximum Gasteiger partial charge on any atom is 0.416 e. The van der Waals surface area contributed by atoms with Crippen LogP contribution in [0.1, 0.15) is 33.4 Å². The third-order valence-electron chi connectivity index (χ3n) is 5.40. The van der Waals surface area contributed by atoms with Crippen molar-refractivity contribution >= 4 is 34.1 Å². The first-order valence-electron chi connectivity index (χ1n) is 10.6. The molecule has 2 aromatic carbocycles. The molecule has 4 aromatic rings. The summed E-state index contributed by atoms with van der Waals surface area (Å²) in [6, 6.07) is 12.8. The van der Waals surface area contributed by atoms with Crippen molar-refractivity contribution in [2.24, 2.45) is 0 Å². The summed E-state index contributed by atoms with van der Waals surface area (Å²) in [4.78, 5) is 20.8. The lowest BCUT2D eigenvalue weighted by atomic mass is 9.98. The average molecular weight is 494 g/mol. The SMILES string of the molecule is Cc1ccc(CC(=O)Cc2cccc(C#Cc3c(Cl)cnc4cnc(N)cc34)c2)cc1C(F)(F)F. The quantitative estimate of drug-likeness (QED) is 0.357. The number of aromatic nitrogens is 2. The van der Waals surface area contributed by atoms with Crippen LogP contribution < -0.4 is 5.73 Å². The van der Waals surface area contributed by atoms with Gasteiger partial charge in [-0.25, -0.2) is 4.98 Å². The number of Topliss-reactive ketones (excluding diaryl/α,β-unsaturated/α-hetero) is 1. The van der Waals surface area contributed by atoms with E-state index in [2.05, 4.69) is 21.8 Å². The number of fused-ring (bicyclic) bond motifs is 1. The second-order valence-electron chi connectivity index (χ2n) is 8.10. The van der Waals surface area contributed by atoms with E-state index in [1.54, 1.807) is 42.6 Å². The Hall–Kier alpha value is -3.89. The number of alkyl halides is 3. The van der Waals surface area contributed by atoms with Gasteiger partial charge in [0.25, 0.3) is 0 Å². The molecular formula is C27H19ClF3N3O. The number of hydrogen-bond donors (Lipinski definition) is 1. The lowest BCUT2D eigenvalue weighted by Gasteiger charge is -2.12. The molecule has 0 aliphatic heterocycles. The van der Waals surface area contributed by atoms with Crippen LogP contribution in [0, 0.1) is 18.8 Å². The summed E-state index contributed by atoms with van der Waals surface area (Å²) in [5.74, 6) is 6.22. The van der Waals surface area contributed by atoms with Crippen LogP contribution in [0.4, 0.5) is 19.0 Å². The largest absolute Gasteiger partial charge is 0.416 e. The number of nitrogens with zero attached hydrogens (tertiary/aromatic N) is 2. The lowest BCUT2D eigenvalue weighted by molar-refractivity contribution is -0.138. The number of carbonyl (C=O) groups excluding carboxylic acids is 1. The molecule has 2 N–H and O–H groups in total. The highest BCUT2D eigenvalue weighted by molar-refractivity contribution is 6.32. The molecule has 0 amide bonds. The van der Waals surface area contributed by atoms with Crippen LogP contribution in [0.25, 0.3) is 10.9 Å². The Morgan fingerprint density at radius 2 is 1.74 bits per heavy atom. The van der Waals surface area contributed by atoms with Gasteiger partial charge in [0.05, 0.1) is 27.9 Å². The number of pyridine rings is 2. The first-order chi connectivity index (χ1) is 16.6. The average Bonchev–Trinajstić information content (AvgIpc) is 2.79. The Bertz CT molecular complexity index is 1500. The normalized spacial score (nSPS) is 11.2. The summed E-state index contributed by atoms with van der Waals surface area (Å²) in [5, 5.41) is 1.05. The Balaban J connectivity index is 1.53. The number of ketones is 1. The van der Waals surface area contributed by atoms with Crippen molar-refractivity contribution in [1.82, 2.24) is 9.97 Å². The predicted molar refractivity (Wildman–Crippen MR) is 130 cm³/mol. The highest BCUT2D eigenvalue weighted by Crippen LogP contribution is 2.32. The molecule has 2 heterocycles. The van der Waals surface area contributed by atoms with Crippen LogP contribution in [0.15, 0.2) is 60.9 Å². The molecule has 0 bridgehead atoms. The lowest BCUT2D eigenvalue weighted by Crippen LogP contribution is -2.11. The Labute approximate surface area is 205 Å². The molecule has 0 fully saturated rings. The summed E-state index contributed by atoms with van der Waals surface area (Å²) in [6.45, 7) is 1.40. The van der Waals surface area contributed by atoms with E-state index in [0.717, 1.165) is 6.07 Å². The molecule has 0 atom stereocenters. The standard InChI is InChI=1S/C27H19ClF3N3O/c1-16-5-6-19(12-23(16)27(29,30)31)11-20(35)10-18-4-2-3-17(9-18)7-8-21-22-13-26(32)34-15-25(22)33-14-24(21)28/h2-6,9,12-15H,10-11H2,1H3,(H2,32,34). The summed E-state index contributed by atoms with van der Waals surface area (Å²) >= 11 is 6.31. The van der Waals surface area contributed by atoms with E-state index in [9.17, 15) is 18.0 Å². The van der Waals surface area contributed by atoms with E-state index >= 15 is 0 Å². The zero-order chi connectivity index (χ0) is 25.2. The predicted octanol–water partition coefficient (Wildman–Crippen LogP) is 5.95. The van der Waals surface area contributed by atoms with Crippen molar-refractivity contribution in [3.8, 4) is 11.8 Å². The second kappa shape index (κ2) is 9.77. The van der Waals surface area contributed by atoms with Gasteiger partial charge >= 0.3 is 6.18 Å². The molecule has 4 nitrogen and oxygen atoms in total. The molecule has 0 saturated heterocycles. The molecule has 0 spiro atoms. The van der Waals surface area contributed by atoms with Crippen LogP contribution in [0.5, 0.6) is 0 Å². The Morgan fingerprint density at radius 1 is 1.00 bits per heavy atom. The van der Waals surface area contributed by atoms with Gasteiger partial charge in [0.1, 0.15) is 11.6 Å². The molecule has 2 aromatic heterocycles. The van der Waals surface area contributed by atoms with Gasteiger partial charge < -0.3 is 5.73 Å². The number of benzene rings is 2. The minimum atomic E-state index is -4.46. The van der Waals surface area contributed by atoms with Gasteiger partial charge in [-0.05, 0) is 47.9 Å². The highest BCUT2D eigenvalue weighted by Gasteiger charge is 2.32. The molecule has 8 heteroatoms. The molecule has 0 saturated carbocycles. The summed E-state index contributed by atoms with van der Waals surface area (Å²) in [5.41, 5.74) is 8.07. The van der Waals surface area contributed by atoms with Crippen molar-refractivity contribution in [1.29, 1.82) is 0 Å². The number of nitrogens with two attached hydrogens (primary N) is 1.